The van der Waals surface area contributed by atoms with Crippen LogP contribution in [0.2, 0.25) is 0 Å². The normalized spacial score (nSPS) is 10.3. The predicted molar refractivity (Wildman–Crippen MR) is 384 cm³/mol. The molecule has 0 aliphatic heterocycles. The number of thioether (sulfide) groups is 2. The highest BCUT2D eigenvalue weighted by atomic mass is 32.2. The molecule has 3 N–H and O–H groups in total. The molecule has 0 saturated heterocycles. The number of nitriles is 3. The number of nitrogens with zero attached hydrogens (tertiary/aromatic N) is 9. The molecule has 3 aromatic heterocycles. The first-order chi connectivity index (χ1) is 49.4. The molecule has 0 atom stereocenters. The fraction of sp³-hybridized carbons (Fsp3) is 0.132. The first kappa shape index (κ1) is 72.9. The van der Waals surface area contributed by atoms with Gasteiger partial charge in [0.2, 0.25) is 0 Å². The Morgan fingerprint density at radius 1 is 0.480 bits per heavy atom. The smallest absolute Gasteiger partial charge is 0.338 e. The van der Waals surface area contributed by atoms with Gasteiger partial charge in [0, 0.05) is 38.8 Å². The van der Waals surface area contributed by atoms with Crippen molar-refractivity contribution >= 4 is 47.1 Å². The maximum absolute atomic E-state index is 12.7. The molecule has 24 nitrogen and oxygen atoms in total. The number of aromatic amines is 3. The topological polar surface area (TPSA) is 364 Å². The minimum absolute atomic E-state index is 0.0248. The number of benzene rings is 8. The molecule has 11 rings (SSSR count). The lowest BCUT2D eigenvalue weighted by molar-refractivity contribution is 0.0592. The van der Waals surface area contributed by atoms with E-state index in [0.717, 1.165) is 38.9 Å². The number of nitrogens with one attached hydrogen (secondary N) is 3. The van der Waals surface area contributed by atoms with Crippen molar-refractivity contribution in [2.45, 2.75) is 42.3 Å². The summed E-state index contributed by atoms with van der Waals surface area (Å²) in [6, 6.07) is 59.6. The summed E-state index contributed by atoms with van der Waals surface area (Å²) in [5, 5.41) is 32.8. The molecule has 0 aliphatic rings. The van der Waals surface area contributed by atoms with Gasteiger partial charge in [0.1, 0.15) is 53.0 Å². The van der Waals surface area contributed by atoms with Gasteiger partial charge >= 0.3 is 17.9 Å². The molecule has 0 bridgehead atoms. The Bertz CT molecular complexity index is 5280. The molecular weight excluding hydrogens is 1340 g/mol. The molecule has 26 heteroatoms. The number of carbonyl (C=O) groups is 3. The second-order valence-corrected chi connectivity index (χ2v) is 23.7. The molecule has 0 spiro atoms. The molecule has 3 heterocycles. The fourth-order valence-corrected chi connectivity index (χ4v) is 11.8. The lowest BCUT2D eigenvalue weighted by Gasteiger charge is -2.13. The van der Waals surface area contributed by atoms with Gasteiger partial charge < -0.3 is 38.4 Å². The Kier molecular flexibility index (Phi) is 24.9. The quantitative estimate of drug-likeness (QED) is 0.0121. The van der Waals surface area contributed by atoms with E-state index in [1.54, 1.807) is 136 Å². The predicted octanol–water partition coefficient (Wildman–Crippen LogP) is 14.4. The summed E-state index contributed by atoms with van der Waals surface area (Å²) in [7, 11) is 7.09. The van der Waals surface area contributed by atoms with Gasteiger partial charge in [-0.05, 0) is 106 Å². The van der Waals surface area contributed by atoms with Gasteiger partial charge in [0.05, 0.1) is 69.3 Å². The molecule has 0 saturated carbocycles. The molecule has 102 heavy (non-hydrogen) atoms. The van der Waals surface area contributed by atoms with E-state index in [2.05, 4.69) is 39.9 Å². The molecule has 0 unspecified atom stereocenters. The Morgan fingerprint density at radius 2 is 0.873 bits per heavy atom. The highest BCUT2D eigenvalue weighted by Gasteiger charge is 2.22. The monoisotopic (exact) mass is 1400 g/mol. The van der Waals surface area contributed by atoms with Gasteiger partial charge in [0.25, 0.3) is 22.7 Å². The zero-order chi connectivity index (χ0) is 72.8. The van der Waals surface area contributed by atoms with Gasteiger partial charge in [-0.1, -0.05) is 174 Å². The van der Waals surface area contributed by atoms with Gasteiger partial charge in [-0.25, -0.2) is 24.4 Å². The van der Waals surface area contributed by atoms with Crippen LogP contribution in [0.1, 0.15) is 75.6 Å². The number of hydrogen-bond donors (Lipinski definition) is 3. The van der Waals surface area contributed by atoms with Crippen molar-refractivity contribution in [1.29, 1.82) is 15.8 Å². The highest BCUT2D eigenvalue weighted by molar-refractivity contribution is 7.98. The van der Waals surface area contributed by atoms with Crippen molar-refractivity contribution in [2.24, 2.45) is 5.11 Å². The number of esters is 3. The number of hydrogen-bond acceptors (Lipinski definition) is 21. The summed E-state index contributed by atoms with van der Waals surface area (Å²) in [6.45, 7) is 3.96. The molecule has 0 amide bonds. The molecule has 0 radical (unpaired) electrons. The van der Waals surface area contributed by atoms with E-state index < -0.39 is 34.6 Å². The number of aryl methyl sites for hydroxylation is 2. The average molecular weight is 1400 g/mol. The van der Waals surface area contributed by atoms with E-state index in [9.17, 15) is 44.6 Å². The number of methoxy groups -OCH3 is 5. The number of ether oxygens (including phenoxy) is 6. The van der Waals surface area contributed by atoms with Crippen LogP contribution >= 0.6 is 23.5 Å². The van der Waals surface area contributed by atoms with Gasteiger partial charge in [-0.2, -0.15) is 20.8 Å². The largest absolute Gasteiger partial charge is 0.496 e. The van der Waals surface area contributed by atoms with Gasteiger partial charge in [0.15, 0.2) is 10.3 Å². The number of carbonyl (C=O) groups excluding carboxylic acids is 3. The fourth-order valence-electron chi connectivity index (χ4n) is 10.2. The van der Waals surface area contributed by atoms with Crippen LogP contribution < -0.4 is 30.9 Å². The van der Waals surface area contributed by atoms with Crippen molar-refractivity contribution in [3.8, 4) is 91.7 Å². The minimum atomic E-state index is -0.545. The van der Waals surface area contributed by atoms with Crippen LogP contribution in [0.4, 0.5) is 5.69 Å². The summed E-state index contributed by atoms with van der Waals surface area (Å²) < 4.78 is 31.1. The lowest BCUT2D eigenvalue weighted by atomic mass is 9.95. The second-order valence-electron chi connectivity index (χ2n) is 21.8. The summed E-state index contributed by atoms with van der Waals surface area (Å²) in [5.74, 6) is 0.841. The third-order valence-corrected chi connectivity index (χ3v) is 17.2. The third-order valence-electron chi connectivity index (χ3n) is 15.3. The van der Waals surface area contributed by atoms with E-state index in [0.29, 0.717) is 89.2 Å². The number of H-pyrrole nitrogens is 3. The SMILES string of the molecule is COC(=O)c1cc(C)c(OC)cc1-c1ccc(-c2nc(SCc3ccc(N=[N+]=[N-])cc3)[nH]c(=O)c2C#N)cc1.COC(=O)c1ccc(CSc2nc(-c3ccc(-c4cc(OC)c(C)cc4C(=O)OC)cc3)c(C#N)c(=O)[nH]2)cc1.N#Cc1c(-c2ccccc2)nc(OCc2ccccc2)[nH]c1=O. The Balaban J connectivity index is 0.000000184. The number of aromatic nitrogens is 6. The standard InChI is InChI=1S/C30H25N3O6S.C28H22N6O4S.C18H13N3O2/c1-17-13-23(29(36)39-4)22(14-25(17)37-2)19-9-11-20(12-10-19)26-24(15-31)27(34)33-30(32-26)40-16-18-5-7-21(8-6-18)28(35)38-3;1-16-12-22(27(36)38-3)21(13-24(16)37-2)18-6-8-19(9-7-18)25-23(14-29)26(35)32-28(31-25)39-15-17-4-10-20(11-5-17)33-34-30;19-11-15-16(14-9-5-2-6-10-14)20-18(21-17(15)22)23-12-13-7-3-1-4-8-13/h5-14H,16H2,1-4H3,(H,32,33,34);4-13H,15H2,1-3H3,(H,31,32,35);1-10H,12H2,(H,20,21,22). The van der Waals surface area contributed by atoms with E-state index >= 15 is 0 Å². The van der Waals surface area contributed by atoms with Crippen molar-refractivity contribution in [1.82, 2.24) is 29.9 Å². The lowest BCUT2D eigenvalue weighted by Crippen LogP contribution is -2.15. The van der Waals surface area contributed by atoms with Crippen molar-refractivity contribution in [3.63, 3.8) is 0 Å². The second kappa shape index (κ2) is 34.8. The van der Waals surface area contributed by atoms with Crippen molar-refractivity contribution in [2.75, 3.05) is 35.5 Å². The van der Waals surface area contributed by atoms with Crippen LogP contribution in [0.15, 0.2) is 212 Å². The average Bonchev–Trinajstić information content (AvgIpc) is 0.796. The summed E-state index contributed by atoms with van der Waals surface area (Å²) in [5.41, 5.74) is 18.2. The van der Waals surface area contributed by atoms with Crippen LogP contribution in [0.25, 0.3) is 66.5 Å². The van der Waals surface area contributed by atoms with E-state index in [-0.39, 0.29) is 40.7 Å². The van der Waals surface area contributed by atoms with Crippen LogP contribution in [-0.2, 0) is 32.3 Å². The van der Waals surface area contributed by atoms with Crippen LogP contribution in [0.3, 0.4) is 0 Å². The molecular formula is C76H60N12O12S2. The van der Waals surface area contributed by atoms with Crippen LogP contribution in [-0.4, -0.2) is 83.4 Å². The van der Waals surface area contributed by atoms with Gasteiger partial charge in [-0.3, -0.25) is 19.4 Å². The molecule has 508 valence electrons. The zero-order valence-corrected chi connectivity index (χ0v) is 57.3. The first-order valence-electron chi connectivity index (χ1n) is 30.6. The maximum Gasteiger partial charge on any atom is 0.338 e. The van der Waals surface area contributed by atoms with E-state index in [1.165, 1.54) is 44.9 Å². The molecule has 0 fully saturated rings. The Morgan fingerprint density at radius 3 is 1.28 bits per heavy atom. The summed E-state index contributed by atoms with van der Waals surface area (Å²) in [4.78, 5) is 98.1. The molecule has 8 aromatic carbocycles. The first-order valence-corrected chi connectivity index (χ1v) is 32.6. The van der Waals surface area contributed by atoms with Gasteiger partial charge in [-0.15, -0.1) is 0 Å². The summed E-state index contributed by atoms with van der Waals surface area (Å²) >= 11 is 2.59. The van der Waals surface area contributed by atoms with E-state index in [1.807, 2.05) is 92.7 Å². The minimum Gasteiger partial charge on any atom is -0.496 e. The third kappa shape index (κ3) is 17.9. The molecule has 0 aliphatic carbocycles. The highest BCUT2D eigenvalue weighted by Crippen LogP contribution is 2.36. The van der Waals surface area contributed by atoms with E-state index in [4.69, 9.17) is 34.0 Å². The van der Waals surface area contributed by atoms with Crippen molar-refractivity contribution < 1.29 is 42.8 Å². The Labute approximate surface area is 591 Å². The molecule has 11 aromatic rings. The van der Waals surface area contributed by atoms with Crippen LogP contribution in [0, 0.1) is 47.8 Å². The number of rotatable bonds is 20. The Hall–Kier alpha value is -13.3. The van der Waals surface area contributed by atoms with Crippen molar-refractivity contribution in [3.05, 3.63) is 285 Å². The maximum atomic E-state index is 12.7. The number of azide groups is 1. The zero-order valence-electron chi connectivity index (χ0n) is 55.7. The summed E-state index contributed by atoms with van der Waals surface area (Å²) in [6.07, 6.45) is 0. The van der Waals surface area contributed by atoms with Crippen LogP contribution in [0.5, 0.6) is 17.5 Å².